The van der Waals surface area contributed by atoms with Crippen LogP contribution in [0.25, 0.3) is 0 Å². The summed E-state index contributed by atoms with van der Waals surface area (Å²) in [5.41, 5.74) is 2.08. The normalized spacial score (nSPS) is 9.74. The fourth-order valence-electron chi connectivity index (χ4n) is 1.73. The third-order valence-corrected chi connectivity index (χ3v) is 2.62. The minimum atomic E-state index is 0.0138. The molecule has 0 unspecified atom stereocenters. The quantitative estimate of drug-likeness (QED) is 0.845. The highest BCUT2D eigenvalue weighted by Gasteiger charge is 1.95. The van der Waals surface area contributed by atoms with Gasteiger partial charge < -0.3 is 9.67 Å². The second kappa shape index (κ2) is 6.58. The van der Waals surface area contributed by atoms with Gasteiger partial charge in [0.25, 0.3) is 0 Å². The first kappa shape index (κ1) is 13.1. The van der Waals surface area contributed by atoms with Crippen LogP contribution in [-0.2, 0) is 6.54 Å². The van der Waals surface area contributed by atoms with Gasteiger partial charge in [-0.25, -0.2) is 0 Å². The van der Waals surface area contributed by atoms with Crippen LogP contribution in [0.5, 0.6) is 0 Å². The summed E-state index contributed by atoms with van der Waals surface area (Å²) in [4.78, 5) is 11.0. The van der Waals surface area contributed by atoms with Gasteiger partial charge in [0.1, 0.15) is 0 Å². The van der Waals surface area contributed by atoms with Crippen molar-refractivity contribution in [3.05, 3.63) is 70.1 Å². The molecular weight excluding hydrogens is 238 g/mol. The largest absolute Gasteiger partial charge is 0.395 e. The van der Waals surface area contributed by atoms with Gasteiger partial charge in [0, 0.05) is 43.1 Å². The van der Waals surface area contributed by atoms with Crippen LogP contribution in [0.1, 0.15) is 17.5 Å². The van der Waals surface area contributed by atoms with Crippen LogP contribution in [-0.4, -0.2) is 16.3 Å². The molecule has 0 fully saturated rings. The average Bonchev–Trinajstić information content (AvgIpc) is 2.42. The number of nitrogens with zero attached hydrogens (tertiary/aromatic N) is 1. The van der Waals surface area contributed by atoms with E-state index in [2.05, 4.69) is 11.8 Å². The number of pyridine rings is 1. The molecule has 3 nitrogen and oxygen atoms in total. The maximum Gasteiger partial charge on any atom is 0.181 e. The van der Waals surface area contributed by atoms with Crippen molar-refractivity contribution in [3.8, 4) is 11.8 Å². The van der Waals surface area contributed by atoms with E-state index in [1.54, 1.807) is 24.5 Å². The molecule has 0 spiro atoms. The highest BCUT2D eigenvalue weighted by molar-refractivity contribution is 5.37. The van der Waals surface area contributed by atoms with Crippen LogP contribution in [0.4, 0.5) is 0 Å². The van der Waals surface area contributed by atoms with Gasteiger partial charge in [-0.1, -0.05) is 24.0 Å². The smallest absolute Gasteiger partial charge is 0.181 e. The van der Waals surface area contributed by atoms with E-state index in [1.807, 2.05) is 28.8 Å². The SMILES string of the molecule is O=c1ccn(Cc2cccc(C#CCCO)c2)cc1. The number of benzene rings is 1. The van der Waals surface area contributed by atoms with Gasteiger partial charge >= 0.3 is 0 Å². The first-order chi connectivity index (χ1) is 9.28. The molecule has 0 amide bonds. The summed E-state index contributed by atoms with van der Waals surface area (Å²) in [6.07, 6.45) is 4.03. The van der Waals surface area contributed by atoms with Gasteiger partial charge in [-0.2, -0.15) is 0 Å². The van der Waals surface area contributed by atoms with Crippen LogP contribution in [0.2, 0.25) is 0 Å². The molecule has 0 bridgehead atoms. The zero-order valence-corrected chi connectivity index (χ0v) is 10.5. The molecule has 0 aliphatic carbocycles. The van der Waals surface area contributed by atoms with E-state index >= 15 is 0 Å². The van der Waals surface area contributed by atoms with Gasteiger partial charge in [-0.15, -0.1) is 0 Å². The summed E-state index contributed by atoms with van der Waals surface area (Å²) in [6, 6.07) is 11.0. The standard InChI is InChI=1S/C16H15NO2/c18-11-2-1-4-14-5-3-6-15(12-14)13-17-9-7-16(19)8-10-17/h3,5-10,12,18H,2,11,13H2. The van der Waals surface area contributed by atoms with Gasteiger partial charge in [0.2, 0.25) is 0 Å². The molecule has 0 saturated heterocycles. The second-order valence-corrected chi connectivity index (χ2v) is 4.18. The summed E-state index contributed by atoms with van der Waals surface area (Å²) in [5, 5.41) is 8.68. The predicted octanol–water partition coefficient (Wildman–Crippen LogP) is 1.63. The maximum atomic E-state index is 11.0. The summed E-state index contributed by atoms with van der Waals surface area (Å²) >= 11 is 0. The van der Waals surface area contributed by atoms with Gasteiger partial charge in [-0.3, -0.25) is 4.79 Å². The van der Waals surface area contributed by atoms with E-state index in [0.717, 1.165) is 11.1 Å². The Morgan fingerprint density at radius 2 is 1.95 bits per heavy atom. The zero-order valence-electron chi connectivity index (χ0n) is 10.5. The Balaban J connectivity index is 2.13. The lowest BCUT2D eigenvalue weighted by atomic mass is 10.1. The lowest BCUT2D eigenvalue weighted by Crippen LogP contribution is -2.04. The number of aliphatic hydroxyl groups excluding tert-OH is 1. The molecular formula is C16H15NO2. The zero-order chi connectivity index (χ0) is 13.5. The maximum absolute atomic E-state index is 11.0. The molecule has 2 rings (SSSR count). The van der Waals surface area contributed by atoms with Gasteiger partial charge in [-0.05, 0) is 17.7 Å². The molecule has 0 radical (unpaired) electrons. The first-order valence-corrected chi connectivity index (χ1v) is 6.13. The van der Waals surface area contributed by atoms with E-state index in [-0.39, 0.29) is 12.0 Å². The molecule has 0 atom stereocenters. The van der Waals surface area contributed by atoms with E-state index in [1.165, 1.54) is 0 Å². The van der Waals surface area contributed by atoms with Crippen molar-refractivity contribution >= 4 is 0 Å². The summed E-state index contributed by atoms with van der Waals surface area (Å²) in [7, 11) is 0. The Kier molecular flexibility index (Phi) is 4.54. The second-order valence-electron chi connectivity index (χ2n) is 4.18. The molecule has 1 N–H and O–H groups in total. The number of hydrogen-bond donors (Lipinski definition) is 1. The third kappa shape index (κ3) is 4.13. The molecule has 96 valence electrons. The fraction of sp³-hybridized carbons (Fsp3) is 0.188. The Morgan fingerprint density at radius 3 is 2.68 bits per heavy atom. The molecule has 0 aliphatic heterocycles. The van der Waals surface area contributed by atoms with Crippen LogP contribution in [0.3, 0.4) is 0 Å². The van der Waals surface area contributed by atoms with E-state index in [0.29, 0.717) is 13.0 Å². The molecule has 0 aliphatic rings. The Labute approximate surface area is 112 Å². The highest BCUT2D eigenvalue weighted by atomic mass is 16.2. The van der Waals surface area contributed by atoms with Crippen LogP contribution in [0.15, 0.2) is 53.6 Å². The highest BCUT2D eigenvalue weighted by Crippen LogP contribution is 2.06. The molecule has 1 aromatic heterocycles. The van der Waals surface area contributed by atoms with Crippen molar-refractivity contribution in [1.29, 1.82) is 0 Å². The monoisotopic (exact) mass is 253 g/mol. The van der Waals surface area contributed by atoms with Crippen molar-refractivity contribution in [3.63, 3.8) is 0 Å². The summed E-state index contributed by atoms with van der Waals surface area (Å²) in [5.74, 6) is 5.91. The van der Waals surface area contributed by atoms with Crippen LogP contribution < -0.4 is 5.43 Å². The topological polar surface area (TPSA) is 42.2 Å². The van der Waals surface area contributed by atoms with Crippen LogP contribution in [0, 0.1) is 11.8 Å². The van der Waals surface area contributed by atoms with Crippen molar-refractivity contribution < 1.29 is 5.11 Å². The molecule has 0 saturated carbocycles. The van der Waals surface area contributed by atoms with E-state index in [9.17, 15) is 4.79 Å². The number of rotatable bonds is 3. The Hall–Kier alpha value is -2.31. The molecule has 1 heterocycles. The number of hydrogen-bond acceptors (Lipinski definition) is 2. The Bertz CT molecular complexity index is 642. The minimum Gasteiger partial charge on any atom is -0.395 e. The Morgan fingerprint density at radius 1 is 1.16 bits per heavy atom. The molecule has 1 aromatic carbocycles. The van der Waals surface area contributed by atoms with Gasteiger partial charge in [0.05, 0.1) is 6.61 Å². The summed E-state index contributed by atoms with van der Waals surface area (Å²) in [6.45, 7) is 0.792. The average molecular weight is 253 g/mol. The lowest BCUT2D eigenvalue weighted by molar-refractivity contribution is 0.305. The van der Waals surface area contributed by atoms with Crippen molar-refractivity contribution in [2.24, 2.45) is 0 Å². The van der Waals surface area contributed by atoms with E-state index < -0.39 is 0 Å². The number of aliphatic hydroxyl groups is 1. The van der Waals surface area contributed by atoms with Gasteiger partial charge in [0.15, 0.2) is 5.43 Å². The van der Waals surface area contributed by atoms with Crippen molar-refractivity contribution in [2.45, 2.75) is 13.0 Å². The van der Waals surface area contributed by atoms with Crippen molar-refractivity contribution in [2.75, 3.05) is 6.61 Å². The lowest BCUT2D eigenvalue weighted by Gasteiger charge is -2.06. The number of aromatic nitrogens is 1. The fourth-order valence-corrected chi connectivity index (χ4v) is 1.73. The van der Waals surface area contributed by atoms with Crippen LogP contribution >= 0.6 is 0 Å². The summed E-state index contributed by atoms with van der Waals surface area (Å²) < 4.78 is 1.95. The predicted molar refractivity (Wildman–Crippen MR) is 74.8 cm³/mol. The molecule has 3 heteroatoms. The molecule has 2 aromatic rings. The van der Waals surface area contributed by atoms with Crippen molar-refractivity contribution in [1.82, 2.24) is 4.57 Å². The minimum absolute atomic E-state index is 0.0138. The third-order valence-electron chi connectivity index (χ3n) is 2.62. The molecule has 19 heavy (non-hydrogen) atoms. The van der Waals surface area contributed by atoms with E-state index in [4.69, 9.17) is 5.11 Å². The first-order valence-electron chi connectivity index (χ1n) is 6.13.